The normalized spacial score (nSPS) is 16.9. The molecule has 1 aromatic carbocycles. The standard InChI is InChI=1S/C12H12F2O2/c13-12(14,11(15)16)10-6-2-5-9(7-10)8-3-1-4-8/h2,5-8H,1,3-4H2,(H,15,16). The summed E-state index contributed by atoms with van der Waals surface area (Å²) in [5, 5.41) is 8.45. The van der Waals surface area contributed by atoms with Gasteiger partial charge in [-0.15, -0.1) is 0 Å². The van der Waals surface area contributed by atoms with E-state index in [0.717, 1.165) is 30.9 Å². The van der Waals surface area contributed by atoms with Crippen molar-refractivity contribution in [1.29, 1.82) is 0 Å². The Morgan fingerprint density at radius 1 is 1.38 bits per heavy atom. The van der Waals surface area contributed by atoms with Gasteiger partial charge in [-0.05, 0) is 30.4 Å². The van der Waals surface area contributed by atoms with E-state index in [4.69, 9.17) is 5.11 Å². The summed E-state index contributed by atoms with van der Waals surface area (Å²) in [6.07, 6.45) is 3.12. The summed E-state index contributed by atoms with van der Waals surface area (Å²) >= 11 is 0. The summed E-state index contributed by atoms with van der Waals surface area (Å²) < 4.78 is 26.5. The molecule has 0 heterocycles. The van der Waals surface area contributed by atoms with Crippen LogP contribution in [0.2, 0.25) is 0 Å². The van der Waals surface area contributed by atoms with Crippen molar-refractivity contribution in [2.75, 3.05) is 0 Å². The molecule has 0 bridgehead atoms. The first-order valence-electron chi connectivity index (χ1n) is 5.23. The first-order chi connectivity index (χ1) is 7.51. The monoisotopic (exact) mass is 226 g/mol. The fourth-order valence-electron chi connectivity index (χ4n) is 1.85. The average Bonchev–Trinajstić information content (AvgIpc) is 2.15. The SMILES string of the molecule is O=C(O)C(F)(F)c1cccc(C2CCC2)c1. The molecule has 86 valence electrons. The predicted molar refractivity (Wildman–Crippen MR) is 54.6 cm³/mol. The Labute approximate surface area is 91.9 Å². The highest BCUT2D eigenvalue weighted by molar-refractivity contribution is 5.77. The van der Waals surface area contributed by atoms with Crippen molar-refractivity contribution in [3.63, 3.8) is 0 Å². The van der Waals surface area contributed by atoms with Gasteiger partial charge in [0.05, 0.1) is 0 Å². The van der Waals surface area contributed by atoms with Crippen LogP contribution in [0.3, 0.4) is 0 Å². The van der Waals surface area contributed by atoms with Crippen LogP contribution in [-0.4, -0.2) is 11.1 Å². The third kappa shape index (κ3) is 1.79. The van der Waals surface area contributed by atoms with Crippen molar-refractivity contribution < 1.29 is 18.7 Å². The second-order valence-corrected chi connectivity index (χ2v) is 4.13. The molecule has 1 saturated carbocycles. The molecule has 1 fully saturated rings. The molecule has 1 N–H and O–H groups in total. The fourth-order valence-corrected chi connectivity index (χ4v) is 1.85. The van der Waals surface area contributed by atoms with E-state index in [-0.39, 0.29) is 0 Å². The molecule has 2 rings (SSSR count). The minimum Gasteiger partial charge on any atom is -0.477 e. The summed E-state index contributed by atoms with van der Waals surface area (Å²) in [5.74, 6) is -5.57. The van der Waals surface area contributed by atoms with Gasteiger partial charge in [-0.3, -0.25) is 0 Å². The highest BCUT2D eigenvalue weighted by Crippen LogP contribution is 2.38. The number of halogens is 2. The van der Waals surface area contributed by atoms with E-state index in [9.17, 15) is 13.6 Å². The van der Waals surface area contributed by atoms with Crippen LogP contribution >= 0.6 is 0 Å². The quantitative estimate of drug-likeness (QED) is 0.859. The third-order valence-electron chi connectivity index (χ3n) is 3.09. The molecule has 0 radical (unpaired) electrons. The zero-order chi connectivity index (χ0) is 11.8. The van der Waals surface area contributed by atoms with Gasteiger partial charge in [0.25, 0.3) is 0 Å². The zero-order valence-corrected chi connectivity index (χ0v) is 8.62. The van der Waals surface area contributed by atoms with Crippen molar-refractivity contribution in [3.05, 3.63) is 35.4 Å². The van der Waals surface area contributed by atoms with Crippen LogP contribution in [0.1, 0.15) is 36.3 Å². The Bertz CT molecular complexity index is 411. The molecule has 0 saturated heterocycles. The maximum absolute atomic E-state index is 13.2. The second kappa shape index (κ2) is 3.85. The number of rotatable bonds is 3. The predicted octanol–water partition coefficient (Wildman–Crippen LogP) is 3.13. The summed E-state index contributed by atoms with van der Waals surface area (Å²) in [5.41, 5.74) is 0.397. The summed E-state index contributed by atoms with van der Waals surface area (Å²) in [4.78, 5) is 10.4. The Morgan fingerprint density at radius 2 is 2.06 bits per heavy atom. The molecule has 0 aliphatic heterocycles. The van der Waals surface area contributed by atoms with Crippen LogP contribution in [0.25, 0.3) is 0 Å². The number of hydrogen-bond acceptors (Lipinski definition) is 1. The molecule has 1 aromatic rings. The summed E-state index contributed by atoms with van der Waals surface area (Å²) in [7, 11) is 0. The van der Waals surface area contributed by atoms with Gasteiger partial charge in [0.1, 0.15) is 0 Å². The van der Waals surface area contributed by atoms with Crippen LogP contribution < -0.4 is 0 Å². The highest BCUT2D eigenvalue weighted by atomic mass is 19.3. The van der Waals surface area contributed by atoms with E-state index < -0.39 is 17.5 Å². The van der Waals surface area contributed by atoms with Gasteiger partial charge < -0.3 is 5.11 Å². The molecule has 0 atom stereocenters. The lowest BCUT2D eigenvalue weighted by atomic mass is 9.79. The van der Waals surface area contributed by atoms with Crippen molar-refractivity contribution in [3.8, 4) is 0 Å². The number of carbonyl (C=O) groups is 1. The number of aliphatic carboxylic acids is 1. The minimum atomic E-state index is -3.79. The number of alkyl halides is 2. The Hall–Kier alpha value is -1.45. The first kappa shape index (κ1) is 11.0. The van der Waals surface area contributed by atoms with E-state index in [2.05, 4.69) is 0 Å². The lowest BCUT2D eigenvalue weighted by Crippen LogP contribution is -2.25. The van der Waals surface area contributed by atoms with E-state index in [1.807, 2.05) is 0 Å². The van der Waals surface area contributed by atoms with Crippen molar-refractivity contribution in [2.24, 2.45) is 0 Å². The van der Waals surface area contributed by atoms with Crippen molar-refractivity contribution in [2.45, 2.75) is 31.1 Å². The smallest absolute Gasteiger partial charge is 0.379 e. The largest absolute Gasteiger partial charge is 0.477 e. The molecule has 0 spiro atoms. The van der Waals surface area contributed by atoms with E-state index in [0.29, 0.717) is 5.92 Å². The topological polar surface area (TPSA) is 37.3 Å². The lowest BCUT2D eigenvalue weighted by Gasteiger charge is -2.26. The molecule has 2 nitrogen and oxygen atoms in total. The van der Waals surface area contributed by atoms with Gasteiger partial charge >= 0.3 is 11.9 Å². The minimum absolute atomic E-state index is 0.324. The molecule has 0 unspecified atom stereocenters. The molecule has 1 aliphatic carbocycles. The van der Waals surface area contributed by atoms with Crippen LogP contribution in [-0.2, 0) is 10.7 Å². The van der Waals surface area contributed by atoms with Gasteiger partial charge in [0.2, 0.25) is 0 Å². The van der Waals surface area contributed by atoms with Crippen LogP contribution in [0.15, 0.2) is 24.3 Å². The van der Waals surface area contributed by atoms with Crippen LogP contribution in [0.5, 0.6) is 0 Å². The molecule has 16 heavy (non-hydrogen) atoms. The van der Waals surface area contributed by atoms with Crippen LogP contribution in [0.4, 0.5) is 8.78 Å². The average molecular weight is 226 g/mol. The fraction of sp³-hybridized carbons (Fsp3) is 0.417. The molecular formula is C12H12F2O2. The van der Waals surface area contributed by atoms with Gasteiger partial charge in [0, 0.05) is 5.56 Å². The number of hydrogen-bond donors (Lipinski definition) is 1. The first-order valence-corrected chi connectivity index (χ1v) is 5.23. The van der Waals surface area contributed by atoms with Gasteiger partial charge in [-0.25, -0.2) is 4.79 Å². The zero-order valence-electron chi connectivity index (χ0n) is 8.62. The maximum Gasteiger partial charge on any atom is 0.379 e. The number of carboxylic acid groups (broad SMARTS) is 1. The number of carboxylic acids is 1. The number of benzene rings is 1. The Balaban J connectivity index is 2.31. The Kier molecular flexibility index (Phi) is 2.66. The highest BCUT2D eigenvalue weighted by Gasteiger charge is 2.41. The second-order valence-electron chi connectivity index (χ2n) is 4.13. The van der Waals surface area contributed by atoms with E-state index >= 15 is 0 Å². The summed E-state index contributed by atoms with van der Waals surface area (Å²) in [6, 6.07) is 5.76. The molecule has 1 aliphatic rings. The van der Waals surface area contributed by atoms with Crippen LogP contribution in [0, 0.1) is 0 Å². The molecular weight excluding hydrogens is 214 g/mol. The van der Waals surface area contributed by atoms with Gasteiger partial charge in [-0.1, -0.05) is 24.6 Å². The lowest BCUT2D eigenvalue weighted by molar-refractivity contribution is -0.166. The van der Waals surface area contributed by atoms with E-state index in [1.54, 1.807) is 6.07 Å². The summed E-state index contributed by atoms with van der Waals surface area (Å²) in [6.45, 7) is 0. The molecule has 0 aromatic heterocycles. The van der Waals surface area contributed by atoms with Crippen molar-refractivity contribution in [1.82, 2.24) is 0 Å². The maximum atomic E-state index is 13.2. The van der Waals surface area contributed by atoms with Gasteiger partial charge in [-0.2, -0.15) is 8.78 Å². The van der Waals surface area contributed by atoms with Gasteiger partial charge in [0.15, 0.2) is 0 Å². The van der Waals surface area contributed by atoms with E-state index in [1.165, 1.54) is 12.1 Å². The molecule has 4 heteroatoms. The third-order valence-corrected chi connectivity index (χ3v) is 3.09. The molecule has 0 amide bonds. The Morgan fingerprint density at radius 3 is 2.56 bits per heavy atom. The van der Waals surface area contributed by atoms with Crippen molar-refractivity contribution >= 4 is 5.97 Å².